The predicted molar refractivity (Wildman–Crippen MR) is 105 cm³/mol. The molecular weight excluding hydrogens is 360 g/mol. The molecule has 1 aliphatic heterocycles. The van der Waals surface area contributed by atoms with Crippen molar-refractivity contribution in [2.75, 3.05) is 18.0 Å². The number of hydrogen-bond acceptors (Lipinski definition) is 1. The molecule has 0 atom stereocenters. The number of hydrogen-bond donors (Lipinski definition) is 1. The van der Waals surface area contributed by atoms with E-state index in [1.165, 1.54) is 47.3 Å². The van der Waals surface area contributed by atoms with Crippen LogP contribution in [0.3, 0.4) is 0 Å². The van der Waals surface area contributed by atoms with Crippen LogP contribution >= 0.6 is 15.9 Å². The van der Waals surface area contributed by atoms with Crippen molar-refractivity contribution in [1.29, 1.82) is 0 Å². The molecule has 0 unspecified atom stereocenters. The maximum absolute atomic E-state index is 3.55. The maximum atomic E-state index is 3.55. The third-order valence-corrected chi connectivity index (χ3v) is 5.27. The van der Waals surface area contributed by atoms with Crippen LogP contribution in [0, 0.1) is 0 Å². The van der Waals surface area contributed by atoms with Crippen LogP contribution in [0.1, 0.15) is 19.3 Å². The normalized spacial score (nSPS) is 14.8. The molecule has 2 heterocycles. The minimum absolute atomic E-state index is 1.12. The zero-order chi connectivity index (χ0) is 16.4. The Labute approximate surface area is 151 Å². The van der Waals surface area contributed by atoms with Crippen molar-refractivity contribution in [2.45, 2.75) is 19.3 Å². The summed E-state index contributed by atoms with van der Waals surface area (Å²) in [6, 6.07) is 19.3. The molecular formula is C21H21BrN2. The van der Waals surface area contributed by atoms with E-state index in [1.807, 2.05) is 0 Å². The van der Waals surface area contributed by atoms with Gasteiger partial charge in [-0.25, -0.2) is 0 Å². The second-order valence-electron chi connectivity index (χ2n) is 6.35. The first-order valence-electron chi connectivity index (χ1n) is 8.60. The molecule has 0 spiro atoms. The van der Waals surface area contributed by atoms with E-state index in [9.17, 15) is 0 Å². The summed E-state index contributed by atoms with van der Waals surface area (Å²) < 4.78 is 1.12. The number of aromatic nitrogens is 1. The maximum Gasteiger partial charge on any atom is 0.0705 e. The van der Waals surface area contributed by atoms with E-state index < -0.39 is 0 Å². The van der Waals surface area contributed by atoms with Crippen molar-refractivity contribution in [2.24, 2.45) is 0 Å². The zero-order valence-electron chi connectivity index (χ0n) is 13.6. The molecule has 2 nitrogen and oxygen atoms in total. The van der Waals surface area contributed by atoms with Crippen LogP contribution in [-0.2, 0) is 0 Å². The highest BCUT2D eigenvalue weighted by atomic mass is 79.9. The summed E-state index contributed by atoms with van der Waals surface area (Å²) in [4.78, 5) is 6.10. The van der Waals surface area contributed by atoms with Crippen molar-refractivity contribution >= 4 is 21.6 Å². The van der Waals surface area contributed by atoms with Gasteiger partial charge in [-0.15, -0.1) is 0 Å². The average molecular weight is 381 g/mol. The molecule has 1 fully saturated rings. The third kappa shape index (κ3) is 3.01. The number of piperidine rings is 1. The van der Waals surface area contributed by atoms with Gasteiger partial charge in [0.1, 0.15) is 0 Å². The van der Waals surface area contributed by atoms with Crippen LogP contribution < -0.4 is 4.90 Å². The van der Waals surface area contributed by atoms with E-state index >= 15 is 0 Å². The minimum Gasteiger partial charge on any atom is -0.369 e. The number of nitrogens with zero attached hydrogens (tertiary/aromatic N) is 1. The highest BCUT2D eigenvalue weighted by molar-refractivity contribution is 9.10. The molecule has 1 N–H and O–H groups in total. The lowest BCUT2D eigenvalue weighted by atomic mass is 10.0. The lowest BCUT2D eigenvalue weighted by molar-refractivity contribution is 0.579. The fraction of sp³-hybridized carbons (Fsp3) is 0.238. The van der Waals surface area contributed by atoms with Crippen LogP contribution in [-0.4, -0.2) is 18.1 Å². The van der Waals surface area contributed by atoms with Crippen LogP contribution in [0.5, 0.6) is 0 Å². The number of H-pyrrole nitrogens is 1. The molecule has 3 aromatic rings. The summed E-state index contributed by atoms with van der Waals surface area (Å²) in [6.45, 7) is 2.28. The second-order valence-corrected chi connectivity index (χ2v) is 7.26. The molecule has 1 saturated heterocycles. The molecule has 24 heavy (non-hydrogen) atoms. The fourth-order valence-electron chi connectivity index (χ4n) is 3.54. The number of rotatable bonds is 3. The van der Waals surface area contributed by atoms with Crippen LogP contribution in [0.4, 0.5) is 5.69 Å². The number of benzene rings is 2. The molecule has 1 aliphatic rings. The van der Waals surface area contributed by atoms with Gasteiger partial charge in [-0.1, -0.05) is 58.4 Å². The SMILES string of the molecule is Brc1ccc(-c2c[nH]c(-c3ccccc3)c2N2CCCCC2)cc1. The molecule has 2 aromatic carbocycles. The standard InChI is InChI=1S/C21H21BrN2/c22-18-11-9-16(10-12-18)19-15-23-20(17-7-3-1-4-8-17)21(19)24-13-5-2-6-14-24/h1,3-4,7-12,15,23H,2,5-6,13-14H2. The van der Waals surface area contributed by atoms with Crippen molar-refractivity contribution in [3.63, 3.8) is 0 Å². The van der Waals surface area contributed by atoms with Crippen LogP contribution in [0.2, 0.25) is 0 Å². The number of halogens is 1. The van der Waals surface area contributed by atoms with Gasteiger partial charge in [0.05, 0.1) is 11.4 Å². The average Bonchev–Trinajstić information content (AvgIpc) is 3.09. The topological polar surface area (TPSA) is 19.0 Å². The predicted octanol–water partition coefficient (Wildman–Crippen LogP) is 6.10. The van der Waals surface area contributed by atoms with Crippen molar-refractivity contribution in [1.82, 2.24) is 4.98 Å². The summed E-state index contributed by atoms with van der Waals surface area (Å²) in [5.41, 5.74) is 6.39. The van der Waals surface area contributed by atoms with E-state index in [0.717, 1.165) is 17.6 Å². The van der Waals surface area contributed by atoms with E-state index in [0.29, 0.717) is 0 Å². The largest absolute Gasteiger partial charge is 0.369 e. The highest BCUT2D eigenvalue weighted by Gasteiger charge is 2.21. The number of nitrogens with one attached hydrogen (secondary N) is 1. The van der Waals surface area contributed by atoms with Gasteiger partial charge in [0.2, 0.25) is 0 Å². The van der Waals surface area contributed by atoms with Gasteiger partial charge in [-0.2, -0.15) is 0 Å². The Morgan fingerprint density at radius 1 is 0.792 bits per heavy atom. The van der Waals surface area contributed by atoms with E-state index in [-0.39, 0.29) is 0 Å². The summed E-state index contributed by atoms with van der Waals surface area (Å²) >= 11 is 3.54. The quantitative estimate of drug-likeness (QED) is 0.581. The molecule has 0 aliphatic carbocycles. The van der Waals surface area contributed by atoms with Crippen molar-refractivity contribution < 1.29 is 0 Å². The van der Waals surface area contributed by atoms with E-state index in [2.05, 4.69) is 86.6 Å². The number of anilines is 1. The molecule has 122 valence electrons. The highest BCUT2D eigenvalue weighted by Crippen LogP contribution is 2.40. The Hall–Kier alpha value is -2.00. The first kappa shape index (κ1) is 15.5. The van der Waals surface area contributed by atoms with Gasteiger partial charge < -0.3 is 9.88 Å². The lowest BCUT2D eigenvalue weighted by Gasteiger charge is -2.30. The number of aromatic amines is 1. The van der Waals surface area contributed by atoms with Crippen molar-refractivity contribution in [3.8, 4) is 22.4 Å². The van der Waals surface area contributed by atoms with Gasteiger partial charge in [0.15, 0.2) is 0 Å². The summed E-state index contributed by atoms with van der Waals surface area (Å²) in [5, 5.41) is 0. The lowest BCUT2D eigenvalue weighted by Crippen LogP contribution is -2.29. The van der Waals surface area contributed by atoms with Crippen LogP contribution in [0.25, 0.3) is 22.4 Å². The van der Waals surface area contributed by atoms with E-state index in [4.69, 9.17) is 0 Å². The summed E-state index contributed by atoms with van der Waals surface area (Å²) in [5.74, 6) is 0. The Morgan fingerprint density at radius 2 is 1.50 bits per heavy atom. The summed E-state index contributed by atoms with van der Waals surface area (Å²) in [6.07, 6.45) is 6.06. The first-order chi connectivity index (χ1) is 11.8. The van der Waals surface area contributed by atoms with Crippen molar-refractivity contribution in [3.05, 3.63) is 65.3 Å². The molecule has 0 radical (unpaired) electrons. The third-order valence-electron chi connectivity index (χ3n) is 4.74. The van der Waals surface area contributed by atoms with Gasteiger partial charge in [-0.05, 0) is 37.0 Å². The molecule has 3 heteroatoms. The Balaban J connectivity index is 1.84. The van der Waals surface area contributed by atoms with Crippen LogP contribution in [0.15, 0.2) is 65.3 Å². The van der Waals surface area contributed by atoms with Gasteiger partial charge in [0, 0.05) is 34.9 Å². The smallest absolute Gasteiger partial charge is 0.0705 e. The van der Waals surface area contributed by atoms with Gasteiger partial charge in [-0.3, -0.25) is 0 Å². The second kappa shape index (κ2) is 6.86. The molecule has 4 rings (SSSR count). The molecule has 0 amide bonds. The Morgan fingerprint density at radius 3 is 2.21 bits per heavy atom. The Kier molecular flexibility index (Phi) is 4.44. The van der Waals surface area contributed by atoms with Gasteiger partial charge in [0.25, 0.3) is 0 Å². The fourth-order valence-corrected chi connectivity index (χ4v) is 3.80. The molecule has 0 saturated carbocycles. The van der Waals surface area contributed by atoms with Gasteiger partial charge >= 0.3 is 0 Å². The van der Waals surface area contributed by atoms with E-state index in [1.54, 1.807) is 0 Å². The monoisotopic (exact) mass is 380 g/mol. The summed E-state index contributed by atoms with van der Waals surface area (Å²) in [7, 11) is 0. The minimum atomic E-state index is 1.12. The zero-order valence-corrected chi connectivity index (χ0v) is 15.2. The molecule has 1 aromatic heterocycles. The Bertz CT molecular complexity index is 800. The molecule has 0 bridgehead atoms. The first-order valence-corrected chi connectivity index (χ1v) is 9.40.